The molecule has 3 aliphatic heterocycles. The summed E-state index contributed by atoms with van der Waals surface area (Å²) in [7, 11) is 0. The van der Waals surface area contributed by atoms with Crippen molar-refractivity contribution in [1.29, 1.82) is 0 Å². The molecule has 0 radical (unpaired) electrons. The Bertz CT molecular complexity index is 1470. The van der Waals surface area contributed by atoms with Crippen LogP contribution in [-0.2, 0) is 17.8 Å². The number of hydrogen-bond acceptors (Lipinski definition) is 4. The number of carbonyl (C=O) groups is 2. The summed E-state index contributed by atoms with van der Waals surface area (Å²) in [5.74, 6) is 1.29. The number of benzene rings is 2. The van der Waals surface area contributed by atoms with Crippen LogP contribution in [0.5, 0.6) is 0 Å². The zero-order chi connectivity index (χ0) is 31.0. The van der Waals surface area contributed by atoms with Gasteiger partial charge >= 0.3 is 6.03 Å². The predicted octanol–water partition coefficient (Wildman–Crippen LogP) is 7.07. The molecule has 6 rings (SSSR count). The van der Waals surface area contributed by atoms with Gasteiger partial charge in [0.05, 0.1) is 12.2 Å². The summed E-state index contributed by atoms with van der Waals surface area (Å²) in [5.41, 5.74) is 3.66. The van der Waals surface area contributed by atoms with E-state index in [9.17, 15) is 9.59 Å². The maximum Gasteiger partial charge on any atom is 0.326 e. The van der Waals surface area contributed by atoms with E-state index in [4.69, 9.17) is 16.6 Å². The first kappa shape index (κ1) is 30.7. The molecule has 1 unspecified atom stereocenters. The zero-order valence-electron chi connectivity index (χ0n) is 26.4. The molecule has 0 aliphatic carbocycles. The second-order valence-electron chi connectivity index (χ2n) is 13.7. The summed E-state index contributed by atoms with van der Waals surface area (Å²) in [6, 6.07) is 18.5. The van der Waals surface area contributed by atoms with Crippen LogP contribution in [0.3, 0.4) is 0 Å². The molecule has 0 saturated carbocycles. The Morgan fingerprint density at radius 1 is 1.00 bits per heavy atom. The van der Waals surface area contributed by atoms with E-state index in [-0.39, 0.29) is 17.4 Å². The zero-order valence-corrected chi connectivity index (χ0v) is 27.2. The van der Waals surface area contributed by atoms with E-state index >= 15 is 0 Å². The first-order chi connectivity index (χ1) is 21.1. The van der Waals surface area contributed by atoms with Crippen LogP contribution in [0.2, 0.25) is 5.02 Å². The molecular formula is C35H45ClN6O2. The first-order valence-corrected chi connectivity index (χ1v) is 16.5. The highest BCUT2D eigenvalue weighted by atomic mass is 35.5. The molecule has 9 heteroatoms. The number of imidazole rings is 1. The van der Waals surface area contributed by atoms with Gasteiger partial charge in [0.1, 0.15) is 5.82 Å². The van der Waals surface area contributed by atoms with Crippen LogP contribution in [-0.4, -0.2) is 63.0 Å². The first-order valence-electron chi connectivity index (χ1n) is 16.1. The van der Waals surface area contributed by atoms with Crippen molar-refractivity contribution in [1.82, 2.24) is 19.4 Å². The number of para-hydroxylation sites is 1. The SMILES string of the molecule is Cc1nc2c(n1C1C[C@H]3CC[C@@H](C1)N3CCCN(C(=O)Nc1ccc(Cl)cc1)c1ccccc1)CCN(C(=O)C(C)(C)C)C2. The smallest absolute Gasteiger partial charge is 0.326 e. The standard InChI is InChI=1S/C35H45ClN6O2/c1-24-37-31-23-39(33(43)35(2,3)4)20-17-32(31)42(24)30-21-28-15-16-29(22-30)40(28)18-8-19-41(27-9-6-5-7-10-27)34(44)38-26-13-11-25(36)12-14-26/h5-7,9-14,28-30H,8,15-23H2,1-4H3,(H,38,44)/t28-,29+,30?. The summed E-state index contributed by atoms with van der Waals surface area (Å²) >= 11 is 6.04. The molecular weight excluding hydrogens is 572 g/mol. The van der Waals surface area contributed by atoms with Gasteiger partial charge in [0.2, 0.25) is 5.91 Å². The number of urea groups is 1. The lowest BCUT2D eigenvalue weighted by Crippen LogP contribution is -2.46. The number of fused-ring (bicyclic) bond motifs is 3. The van der Waals surface area contributed by atoms with Crippen LogP contribution in [0.25, 0.3) is 0 Å². The third-order valence-corrected chi connectivity index (χ3v) is 9.84. The highest BCUT2D eigenvalue weighted by molar-refractivity contribution is 6.30. The van der Waals surface area contributed by atoms with E-state index in [1.165, 1.54) is 18.5 Å². The number of aromatic nitrogens is 2. The van der Waals surface area contributed by atoms with Crippen molar-refractivity contribution in [3.8, 4) is 0 Å². The molecule has 1 N–H and O–H groups in total. The lowest BCUT2D eigenvalue weighted by atomic mass is 9.93. The van der Waals surface area contributed by atoms with Gasteiger partial charge in [0.25, 0.3) is 0 Å². The molecule has 0 spiro atoms. The minimum Gasteiger partial charge on any atom is -0.336 e. The van der Waals surface area contributed by atoms with Crippen LogP contribution >= 0.6 is 11.6 Å². The maximum absolute atomic E-state index is 13.4. The van der Waals surface area contributed by atoms with Gasteiger partial charge in [-0.3, -0.25) is 14.6 Å². The third-order valence-electron chi connectivity index (χ3n) is 9.59. The summed E-state index contributed by atoms with van der Waals surface area (Å²) in [6.45, 7) is 11.1. The second kappa shape index (κ2) is 12.6. The molecule has 4 heterocycles. The third kappa shape index (κ3) is 6.38. The van der Waals surface area contributed by atoms with Crippen LogP contribution < -0.4 is 10.2 Å². The van der Waals surface area contributed by atoms with E-state index in [0.29, 0.717) is 36.2 Å². The van der Waals surface area contributed by atoms with Gasteiger partial charge in [-0.1, -0.05) is 50.6 Å². The van der Waals surface area contributed by atoms with Crippen molar-refractivity contribution in [3.05, 3.63) is 76.8 Å². The highest BCUT2D eigenvalue weighted by Crippen LogP contribution is 2.42. The molecule has 1 aromatic heterocycles. The molecule has 3 atom stereocenters. The number of carbonyl (C=O) groups excluding carboxylic acids is 2. The molecule has 3 aromatic rings. The molecule has 8 nitrogen and oxygen atoms in total. The number of nitrogens with zero attached hydrogens (tertiary/aromatic N) is 5. The van der Waals surface area contributed by atoms with Crippen molar-refractivity contribution in [2.75, 3.05) is 29.9 Å². The van der Waals surface area contributed by atoms with E-state index in [2.05, 4.69) is 21.7 Å². The molecule has 2 fully saturated rings. The van der Waals surface area contributed by atoms with Crippen LogP contribution in [0, 0.1) is 12.3 Å². The van der Waals surface area contributed by atoms with E-state index in [1.54, 1.807) is 12.1 Å². The molecule has 2 bridgehead atoms. The average molecular weight is 617 g/mol. The fourth-order valence-corrected chi connectivity index (χ4v) is 7.71. The number of rotatable bonds is 7. The number of amides is 3. The van der Waals surface area contributed by atoms with E-state index < -0.39 is 0 Å². The van der Waals surface area contributed by atoms with Gasteiger partial charge < -0.3 is 14.8 Å². The Morgan fingerprint density at radius 3 is 2.34 bits per heavy atom. The van der Waals surface area contributed by atoms with Crippen molar-refractivity contribution in [3.63, 3.8) is 0 Å². The maximum atomic E-state index is 13.4. The Hall–Kier alpha value is -3.36. The number of piperidine rings is 1. The fourth-order valence-electron chi connectivity index (χ4n) is 7.59. The molecule has 44 heavy (non-hydrogen) atoms. The number of anilines is 2. The normalized spacial score (nSPS) is 21.7. The Balaban J connectivity index is 1.09. The summed E-state index contributed by atoms with van der Waals surface area (Å²) in [6.07, 6.45) is 6.49. The fraction of sp³-hybridized carbons (Fsp3) is 0.514. The summed E-state index contributed by atoms with van der Waals surface area (Å²) in [5, 5.41) is 3.68. The van der Waals surface area contributed by atoms with Gasteiger partial charge in [-0.25, -0.2) is 9.78 Å². The van der Waals surface area contributed by atoms with Gasteiger partial charge in [0, 0.05) is 71.7 Å². The van der Waals surface area contributed by atoms with Crippen LogP contribution in [0.4, 0.5) is 16.2 Å². The largest absolute Gasteiger partial charge is 0.336 e. The second-order valence-corrected chi connectivity index (χ2v) is 14.1. The van der Waals surface area contributed by atoms with E-state index in [0.717, 1.165) is 61.7 Å². The summed E-state index contributed by atoms with van der Waals surface area (Å²) < 4.78 is 2.52. The number of nitrogens with one attached hydrogen (secondary N) is 1. The van der Waals surface area contributed by atoms with Crippen LogP contribution in [0.15, 0.2) is 54.6 Å². The number of aryl methyl sites for hydroxylation is 1. The highest BCUT2D eigenvalue weighted by Gasteiger charge is 2.42. The number of hydrogen-bond donors (Lipinski definition) is 1. The van der Waals surface area contributed by atoms with Gasteiger partial charge in [0.15, 0.2) is 0 Å². The lowest BCUT2D eigenvalue weighted by Gasteiger charge is -2.41. The molecule has 3 aliphatic rings. The Morgan fingerprint density at radius 2 is 1.68 bits per heavy atom. The Kier molecular flexibility index (Phi) is 8.75. The number of halogens is 1. The quantitative estimate of drug-likeness (QED) is 0.308. The van der Waals surface area contributed by atoms with Gasteiger partial charge in [-0.15, -0.1) is 0 Å². The van der Waals surface area contributed by atoms with Crippen molar-refractivity contribution in [2.45, 2.75) is 90.9 Å². The molecule has 2 aromatic carbocycles. The minimum absolute atomic E-state index is 0.136. The molecule has 3 amide bonds. The monoisotopic (exact) mass is 616 g/mol. The van der Waals surface area contributed by atoms with Crippen molar-refractivity contribution < 1.29 is 9.59 Å². The van der Waals surface area contributed by atoms with Crippen molar-refractivity contribution in [2.24, 2.45) is 5.41 Å². The van der Waals surface area contributed by atoms with E-state index in [1.807, 2.05) is 73.0 Å². The Labute approximate surface area is 266 Å². The van der Waals surface area contributed by atoms with Crippen molar-refractivity contribution >= 4 is 34.9 Å². The molecule has 234 valence electrons. The van der Waals surface area contributed by atoms with Gasteiger partial charge in [-0.05, 0) is 75.4 Å². The topological polar surface area (TPSA) is 73.7 Å². The van der Waals surface area contributed by atoms with Crippen LogP contribution in [0.1, 0.15) is 76.1 Å². The lowest BCUT2D eigenvalue weighted by molar-refractivity contribution is -0.140. The van der Waals surface area contributed by atoms with Gasteiger partial charge in [-0.2, -0.15) is 0 Å². The minimum atomic E-state index is -0.375. The summed E-state index contributed by atoms with van der Waals surface area (Å²) in [4.78, 5) is 37.9. The molecule has 2 saturated heterocycles. The predicted molar refractivity (Wildman–Crippen MR) is 176 cm³/mol. The average Bonchev–Trinajstić information content (AvgIpc) is 3.45.